The van der Waals surface area contributed by atoms with Crippen LogP contribution in [-0.4, -0.2) is 22.8 Å². The first kappa shape index (κ1) is 14.6. The number of nitro benzene ring substituents is 1. The van der Waals surface area contributed by atoms with Gasteiger partial charge in [0.25, 0.3) is 5.69 Å². The number of carbonyl (C=O) groups is 2. The molecule has 0 spiro atoms. The number of benzene rings is 1. The van der Waals surface area contributed by atoms with Gasteiger partial charge in [0.1, 0.15) is 11.8 Å². The molecule has 0 heterocycles. The van der Waals surface area contributed by atoms with Crippen LogP contribution in [0, 0.1) is 10.1 Å². The van der Waals surface area contributed by atoms with E-state index in [1.54, 1.807) is 0 Å². The maximum absolute atomic E-state index is 11.5. The van der Waals surface area contributed by atoms with Gasteiger partial charge in [-0.15, -0.1) is 0 Å². The summed E-state index contributed by atoms with van der Waals surface area (Å²) in [5.41, 5.74) is 10.3. The zero-order chi connectivity index (χ0) is 14.4. The van der Waals surface area contributed by atoms with Crippen molar-refractivity contribution in [1.82, 2.24) is 0 Å². The van der Waals surface area contributed by atoms with E-state index in [-0.39, 0.29) is 24.3 Å². The summed E-state index contributed by atoms with van der Waals surface area (Å²) in [5.74, 6) is -1.14. The Morgan fingerprint density at radius 2 is 1.89 bits per heavy atom. The lowest BCUT2D eigenvalue weighted by Crippen LogP contribution is -2.35. The second kappa shape index (κ2) is 6.45. The van der Waals surface area contributed by atoms with Crippen LogP contribution in [0.1, 0.15) is 12.8 Å². The summed E-state index contributed by atoms with van der Waals surface area (Å²) in [6.07, 6.45) is 0.0671. The van der Waals surface area contributed by atoms with Crippen LogP contribution in [-0.2, 0) is 9.59 Å². The van der Waals surface area contributed by atoms with Crippen LogP contribution in [0.25, 0.3) is 0 Å². The van der Waals surface area contributed by atoms with E-state index < -0.39 is 22.8 Å². The van der Waals surface area contributed by atoms with Gasteiger partial charge >= 0.3 is 5.97 Å². The zero-order valence-electron chi connectivity index (χ0n) is 9.94. The number of rotatable bonds is 6. The molecular formula is C11H13N3O5. The Morgan fingerprint density at radius 3 is 2.37 bits per heavy atom. The molecule has 0 bridgehead atoms. The van der Waals surface area contributed by atoms with Crippen molar-refractivity contribution in [3.8, 4) is 5.75 Å². The third-order valence-electron chi connectivity index (χ3n) is 2.27. The molecule has 1 amide bonds. The first-order valence-corrected chi connectivity index (χ1v) is 5.40. The van der Waals surface area contributed by atoms with Gasteiger partial charge in [0.2, 0.25) is 5.91 Å². The largest absolute Gasteiger partial charge is 0.425 e. The van der Waals surface area contributed by atoms with Crippen molar-refractivity contribution in [3.63, 3.8) is 0 Å². The average molecular weight is 267 g/mol. The van der Waals surface area contributed by atoms with Crippen molar-refractivity contribution >= 4 is 17.6 Å². The number of hydrogen-bond acceptors (Lipinski definition) is 6. The number of ether oxygens (including phenoxy) is 1. The Labute approximate surface area is 108 Å². The lowest BCUT2D eigenvalue weighted by Gasteiger charge is -2.09. The molecule has 1 aromatic rings. The molecule has 0 fully saturated rings. The Morgan fingerprint density at radius 1 is 1.32 bits per heavy atom. The van der Waals surface area contributed by atoms with E-state index in [2.05, 4.69) is 0 Å². The van der Waals surface area contributed by atoms with Crippen LogP contribution in [0.5, 0.6) is 5.75 Å². The maximum atomic E-state index is 11.5. The Balaban J connectivity index is 2.56. The van der Waals surface area contributed by atoms with Gasteiger partial charge in [-0.25, -0.2) is 4.79 Å². The molecule has 1 rings (SSSR count). The molecule has 102 valence electrons. The lowest BCUT2D eigenvalue weighted by molar-refractivity contribution is -0.384. The van der Waals surface area contributed by atoms with Gasteiger partial charge in [-0.3, -0.25) is 14.9 Å². The number of esters is 1. The number of carbonyl (C=O) groups excluding carboxylic acids is 2. The quantitative estimate of drug-likeness (QED) is 0.324. The van der Waals surface area contributed by atoms with Crippen molar-refractivity contribution in [2.75, 3.05) is 0 Å². The molecule has 0 saturated carbocycles. The third kappa shape index (κ3) is 4.72. The van der Waals surface area contributed by atoms with Gasteiger partial charge in [0.05, 0.1) is 4.92 Å². The van der Waals surface area contributed by atoms with E-state index in [9.17, 15) is 19.7 Å². The van der Waals surface area contributed by atoms with Crippen LogP contribution >= 0.6 is 0 Å². The minimum absolute atomic E-state index is 0.0173. The van der Waals surface area contributed by atoms with E-state index >= 15 is 0 Å². The smallest absolute Gasteiger partial charge is 0.328 e. The number of nitro groups is 1. The topological polar surface area (TPSA) is 139 Å². The van der Waals surface area contributed by atoms with E-state index in [0.29, 0.717) is 0 Å². The van der Waals surface area contributed by atoms with Gasteiger partial charge in [-0.2, -0.15) is 0 Å². The summed E-state index contributed by atoms with van der Waals surface area (Å²) >= 11 is 0. The summed E-state index contributed by atoms with van der Waals surface area (Å²) in [7, 11) is 0. The number of nitrogens with two attached hydrogens (primary N) is 2. The van der Waals surface area contributed by atoms with E-state index in [4.69, 9.17) is 16.2 Å². The summed E-state index contributed by atoms with van der Waals surface area (Å²) in [5, 5.41) is 10.4. The summed E-state index contributed by atoms with van der Waals surface area (Å²) in [6.45, 7) is 0. The number of non-ortho nitro benzene ring substituents is 1. The van der Waals surface area contributed by atoms with Crippen molar-refractivity contribution in [2.24, 2.45) is 11.5 Å². The lowest BCUT2D eigenvalue weighted by atomic mass is 10.1. The molecule has 0 unspecified atom stereocenters. The fraction of sp³-hybridized carbons (Fsp3) is 0.273. The summed E-state index contributed by atoms with van der Waals surface area (Å²) in [4.78, 5) is 31.9. The van der Waals surface area contributed by atoms with E-state index in [1.807, 2.05) is 0 Å². The second-order valence-electron chi connectivity index (χ2n) is 3.78. The molecule has 0 aliphatic carbocycles. The Bertz CT molecular complexity index is 486. The van der Waals surface area contributed by atoms with E-state index in [0.717, 1.165) is 0 Å². The minimum atomic E-state index is -0.970. The minimum Gasteiger partial charge on any atom is -0.425 e. The molecule has 4 N–H and O–H groups in total. The summed E-state index contributed by atoms with van der Waals surface area (Å²) in [6, 6.07) is 4.02. The van der Waals surface area contributed by atoms with Crippen LogP contribution < -0.4 is 16.2 Å². The number of primary amides is 1. The Hall–Kier alpha value is -2.48. The summed E-state index contributed by atoms with van der Waals surface area (Å²) < 4.78 is 4.90. The molecule has 1 atom stereocenters. The second-order valence-corrected chi connectivity index (χ2v) is 3.78. The van der Waals surface area contributed by atoms with Gasteiger partial charge < -0.3 is 16.2 Å². The molecule has 0 radical (unpaired) electrons. The predicted molar refractivity (Wildman–Crippen MR) is 65.1 cm³/mol. The SMILES string of the molecule is NC(=O)CC[C@H](N)C(=O)Oc1ccc([N+](=O)[O-])cc1. The normalized spacial score (nSPS) is 11.6. The highest BCUT2D eigenvalue weighted by atomic mass is 16.6. The first-order valence-electron chi connectivity index (χ1n) is 5.40. The van der Waals surface area contributed by atoms with Gasteiger partial charge in [0.15, 0.2) is 0 Å². The highest BCUT2D eigenvalue weighted by molar-refractivity contribution is 5.79. The van der Waals surface area contributed by atoms with Crippen LogP contribution in [0.3, 0.4) is 0 Å². The first-order chi connectivity index (χ1) is 8.90. The van der Waals surface area contributed by atoms with E-state index in [1.165, 1.54) is 24.3 Å². The van der Waals surface area contributed by atoms with Crippen LogP contribution in [0.15, 0.2) is 24.3 Å². The van der Waals surface area contributed by atoms with Crippen molar-refractivity contribution in [1.29, 1.82) is 0 Å². The molecule has 0 aliphatic heterocycles. The average Bonchev–Trinajstić information content (AvgIpc) is 2.36. The van der Waals surface area contributed by atoms with Crippen LogP contribution in [0.2, 0.25) is 0 Å². The van der Waals surface area contributed by atoms with Crippen LogP contribution in [0.4, 0.5) is 5.69 Å². The molecule has 0 aliphatic rings. The van der Waals surface area contributed by atoms with Crippen molar-refractivity contribution in [3.05, 3.63) is 34.4 Å². The zero-order valence-corrected chi connectivity index (χ0v) is 9.94. The maximum Gasteiger partial charge on any atom is 0.328 e. The van der Waals surface area contributed by atoms with Crippen molar-refractivity contribution < 1.29 is 19.2 Å². The van der Waals surface area contributed by atoms with Gasteiger partial charge in [-0.05, 0) is 18.6 Å². The highest BCUT2D eigenvalue weighted by Gasteiger charge is 2.17. The molecule has 8 heteroatoms. The van der Waals surface area contributed by atoms with Gasteiger partial charge in [0, 0.05) is 18.6 Å². The Kier molecular flexibility index (Phi) is 4.95. The molecule has 19 heavy (non-hydrogen) atoms. The fourth-order valence-electron chi connectivity index (χ4n) is 1.24. The monoisotopic (exact) mass is 267 g/mol. The highest BCUT2D eigenvalue weighted by Crippen LogP contribution is 2.17. The number of hydrogen-bond donors (Lipinski definition) is 2. The number of amides is 1. The standard InChI is InChI=1S/C11H13N3O5/c12-9(5-6-10(13)15)11(16)19-8-3-1-7(2-4-8)14(17)18/h1-4,9H,5-6,12H2,(H2,13,15)/t9-/m0/s1. The molecular weight excluding hydrogens is 254 g/mol. The molecule has 0 aromatic heterocycles. The molecule has 0 saturated heterocycles. The third-order valence-corrected chi connectivity index (χ3v) is 2.27. The molecule has 8 nitrogen and oxygen atoms in total. The fourth-order valence-corrected chi connectivity index (χ4v) is 1.24. The van der Waals surface area contributed by atoms with Gasteiger partial charge in [-0.1, -0.05) is 0 Å². The predicted octanol–water partition coefficient (Wildman–Crippen LogP) is 0.0930. The van der Waals surface area contributed by atoms with Crippen molar-refractivity contribution in [2.45, 2.75) is 18.9 Å². The molecule has 1 aromatic carbocycles. The number of nitrogens with zero attached hydrogens (tertiary/aromatic N) is 1.